The summed E-state index contributed by atoms with van der Waals surface area (Å²) < 4.78 is 19.2. The van der Waals surface area contributed by atoms with E-state index in [4.69, 9.17) is 11.9 Å². The summed E-state index contributed by atoms with van der Waals surface area (Å²) in [5.41, 5.74) is 0.291. The molecule has 1 amide bonds. The van der Waals surface area contributed by atoms with Gasteiger partial charge in [-0.3, -0.25) is 9.36 Å². The zero-order valence-electron chi connectivity index (χ0n) is 8.82. The van der Waals surface area contributed by atoms with Crippen LogP contribution in [0, 0.1) is 10.1 Å². The van der Waals surface area contributed by atoms with Gasteiger partial charge < -0.3 is 5.32 Å². The van der Waals surface area contributed by atoms with Crippen molar-refractivity contribution in [2.45, 2.75) is 0 Å². The van der Waals surface area contributed by atoms with Crippen LogP contribution in [0.15, 0.2) is 30.3 Å². The third-order valence-corrected chi connectivity index (χ3v) is 3.53. The summed E-state index contributed by atoms with van der Waals surface area (Å²) in [5, 5.41) is 10.9. The van der Waals surface area contributed by atoms with Crippen LogP contribution >= 0.6 is 19.5 Å². The molecule has 98 valence electrons. The number of hydrogen-bond donors (Lipinski definition) is 1. The fraction of sp³-hybridized carbons (Fsp3) is 0.125. The van der Waals surface area contributed by atoms with Crippen LogP contribution in [0.3, 0.4) is 0 Å². The van der Waals surface area contributed by atoms with Gasteiger partial charge in [0.25, 0.3) is 5.91 Å². The Hall–Kier alpha value is -1.63. The van der Waals surface area contributed by atoms with Gasteiger partial charge in [0.2, 0.25) is 0 Å². The van der Waals surface area contributed by atoms with Crippen molar-refractivity contribution in [2.75, 3.05) is 6.29 Å². The molecule has 0 heterocycles. The molecule has 1 aromatic carbocycles. The van der Waals surface area contributed by atoms with Gasteiger partial charge in [-0.15, -0.1) is 10.1 Å². The summed E-state index contributed by atoms with van der Waals surface area (Å²) in [5.74, 6) is -0.587. The molecule has 0 aliphatic rings. The molecule has 0 aliphatic heterocycles. The molecule has 1 rings (SSSR count). The SMILES string of the molecule is O=C(NCP(=O)(OCl)O[N+](=O)[O-])c1ccccc1. The van der Waals surface area contributed by atoms with Crippen LogP contribution in [0.1, 0.15) is 10.4 Å². The van der Waals surface area contributed by atoms with Crippen molar-refractivity contribution < 1.29 is 23.1 Å². The van der Waals surface area contributed by atoms with E-state index >= 15 is 0 Å². The molecule has 0 saturated carbocycles. The first kappa shape index (κ1) is 14.4. The standard InChI is InChI=1S/C8H8ClN2O6P/c9-16-18(15,17-11(13)14)6-10-8(12)7-4-2-1-3-5-7/h1-5H,6H2,(H,10,12). The van der Waals surface area contributed by atoms with E-state index in [0.29, 0.717) is 5.56 Å². The minimum Gasteiger partial charge on any atom is -0.341 e. The van der Waals surface area contributed by atoms with Gasteiger partial charge in [0.15, 0.2) is 0 Å². The highest BCUT2D eigenvalue weighted by atomic mass is 35.5. The summed E-state index contributed by atoms with van der Waals surface area (Å²) in [6, 6.07) is 7.98. The lowest BCUT2D eigenvalue weighted by atomic mass is 10.2. The first-order valence-electron chi connectivity index (χ1n) is 4.53. The van der Waals surface area contributed by atoms with E-state index in [1.807, 2.05) is 0 Å². The smallest absolute Gasteiger partial charge is 0.341 e. The van der Waals surface area contributed by atoms with E-state index < -0.39 is 24.9 Å². The number of amides is 1. The lowest BCUT2D eigenvalue weighted by molar-refractivity contribution is -0.715. The van der Waals surface area contributed by atoms with Gasteiger partial charge in [-0.2, -0.15) is 4.08 Å². The molecule has 18 heavy (non-hydrogen) atoms. The lowest BCUT2D eigenvalue weighted by Crippen LogP contribution is -2.25. The van der Waals surface area contributed by atoms with E-state index in [9.17, 15) is 19.5 Å². The number of rotatable bonds is 6. The second-order valence-electron chi connectivity index (χ2n) is 3.02. The summed E-state index contributed by atoms with van der Waals surface area (Å²) in [6.07, 6.45) is -0.717. The summed E-state index contributed by atoms with van der Waals surface area (Å²) >= 11 is 4.84. The highest BCUT2D eigenvalue weighted by molar-refractivity contribution is 7.54. The fourth-order valence-electron chi connectivity index (χ4n) is 1.03. The van der Waals surface area contributed by atoms with Crippen molar-refractivity contribution in [2.24, 2.45) is 0 Å². The van der Waals surface area contributed by atoms with Crippen LogP contribution in [0.5, 0.6) is 0 Å². The Morgan fingerprint density at radius 2 is 2.06 bits per heavy atom. The average molecular weight is 295 g/mol. The lowest BCUT2D eigenvalue weighted by Gasteiger charge is -2.11. The monoisotopic (exact) mass is 294 g/mol. The number of benzene rings is 1. The van der Waals surface area contributed by atoms with Gasteiger partial charge in [-0.1, -0.05) is 18.2 Å². The third kappa shape index (κ3) is 4.33. The Morgan fingerprint density at radius 3 is 2.56 bits per heavy atom. The Bertz CT molecular complexity index is 482. The van der Waals surface area contributed by atoms with E-state index in [1.165, 1.54) is 12.1 Å². The van der Waals surface area contributed by atoms with Crippen molar-refractivity contribution in [3.63, 3.8) is 0 Å². The van der Waals surface area contributed by atoms with Crippen molar-refractivity contribution in [3.05, 3.63) is 46.0 Å². The molecule has 1 atom stereocenters. The van der Waals surface area contributed by atoms with Gasteiger partial charge in [-0.05, 0) is 12.1 Å². The molecule has 0 fully saturated rings. The number of halogens is 1. The second-order valence-corrected chi connectivity index (χ2v) is 5.27. The average Bonchev–Trinajstić information content (AvgIpc) is 2.36. The van der Waals surface area contributed by atoms with E-state index in [2.05, 4.69) is 14.0 Å². The van der Waals surface area contributed by atoms with Crippen LogP contribution in [0.4, 0.5) is 0 Å². The number of nitrogens with zero attached hydrogens (tertiary/aromatic N) is 1. The van der Waals surface area contributed by atoms with Crippen molar-refractivity contribution >= 4 is 25.4 Å². The second kappa shape index (κ2) is 6.34. The predicted molar refractivity (Wildman–Crippen MR) is 61.4 cm³/mol. The summed E-state index contributed by atoms with van der Waals surface area (Å²) in [4.78, 5) is 21.6. The van der Waals surface area contributed by atoms with Crippen LogP contribution in [-0.2, 0) is 13.3 Å². The van der Waals surface area contributed by atoms with Crippen LogP contribution in [0.25, 0.3) is 0 Å². The Morgan fingerprint density at radius 1 is 1.44 bits per heavy atom. The van der Waals surface area contributed by atoms with E-state index in [-0.39, 0.29) is 0 Å². The quantitative estimate of drug-likeness (QED) is 0.488. The number of carbonyl (C=O) groups excluding carboxylic acids is 1. The highest BCUT2D eigenvalue weighted by Crippen LogP contribution is 2.48. The molecule has 0 saturated heterocycles. The maximum Gasteiger partial charge on any atom is 0.404 e. The van der Waals surface area contributed by atoms with Crippen molar-refractivity contribution in [3.8, 4) is 0 Å². The van der Waals surface area contributed by atoms with Crippen LogP contribution < -0.4 is 5.32 Å². The Labute approximate surface area is 107 Å². The Kier molecular flexibility index (Phi) is 5.08. The molecule has 0 spiro atoms. The van der Waals surface area contributed by atoms with Crippen LogP contribution in [0.2, 0.25) is 0 Å². The number of carbonyl (C=O) groups is 1. The van der Waals surface area contributed by atoms with E-state index in [1.54, 1.807) is 18.2 Å². The molecule has 0 aliphatic carbocycles. The number of hydrogen-bond acceptors (Lipinski definition) is 6. The zero-order chi connectivity index (χ0) is 13.6. The minimum atomic E-state index is -4.20. The van der Waals surface area contributed by atoms with Gasteiger partial charge in [0.05, 0.1) is 11.9 Å². The molecule has 0 bridgehead atoms. The molecule has 10 heteroatoms. The topological polar surface area (TPSA) is 108 Å². The number of nitrogens with one attached hydrogen (secondary N) is 1. The first-order valence-corrected chi connectivity index (χ1v) is 6.57. The predicted octanol–water partition coefficient (Wildman–Crippen LogP) is 1.95. The summed E-state index contributed by atoms with van der Waals surface area (Å²) in [7, 11) is -4.20. The highest BCUT2D eigenvalue weighted by Gasteiger charge is 2.29. The molecular formula is C8H8ClN2O6P. The molecule has 0 aromatic heterocycles. The maximum absolute atomic E-state index is 11.5. The molecule has 8 nitrogen and oxygen atoms in total. The third-order valence-electron chi connectivity index (χ3n) is 1.77. The van der Waals surface area contributed by atoms with Crippen LogP contribution in [-0.4, -0.2) is 17.3 Å². The summed E-state index contributed by atoms with van der Waals surface area (Å²) in [6.45, 7) is 0. The molecule has 1 N–H and O–H groups in total. The van der Waals surface area contributed by atoms with Crippen molar-refractivity contribution in [1.82, 2.24) is 5.32 Å². The van der Waals surface area contributed by atoms with Gasteiger partial charge in [-0.25, -0.2) is 4.62 Å². The molecule has 1 aromatic rings. The molecular weight excluding hydrogens is 287 g/mol. The van der Waals surface area contributed by atoms with Crippen molar-refractivity contribution in [1.29, 1.82) is 0 Å². The first-order chi connectivity index (χ1) is 8.47. The minimum absolute atomic E-state index is 0.291. The zero-order valence-corrected chi connectivity index (χ0v) is 10.5. The van der Waals surface area contributed by atoms with Gasteiger partial charge in [0.1, 0.15) is 6.29 Å². The largest absolute Gasteiger partial charge is 0.404 e. The van der Waals surface area contributed by atoms with Gasteiger partial charge in [0, 0.05) is 5.56 Å². The van der Waals surface area contributed by atoms with E-state index in [0.717, 1.165) is 0 Å². The normalized spacial score (nSPS) is 13.4. The Balaban J connectivity index is 2.61. The maximum atomic E-state index is 11.5. The fourth-order valence-corrected chi connectivity index (χ4v) is 1.92. The molecule has 1 unspecified atom stereocenters. The molecule has 0 radical (unpaired) electrons. The van der Waals surface area contributed by atoms with Gasteiger partial charge >= 0.3 is 12.7 Å².